The van der Waals surface area contributed by atoms with Crippen molar-refractivity contribution in [2.24, 2.45) is 5.92 Å². The summed E-state index contributed by atoms with van der Waals surface area (Å²) in [5, 5.41) is 4.37. The minimum atomic E-state index is -0.179. The van der Waals surface area contributed by atoms with E-state index in [1.54, 1.807) is 0 Å². The number of ether oxygens (including phenoxy) is 1. The molecule has 0 spiro atoms. The Hall–Kier alpha value is -2.14. The van der Waals surface area contributed by atoms with Crippen molar-refractivity contribution in [2.45, 2.75) is 13.5 Å². The molecule has 0 aliphatic carbocycles. The van der Waals surface area contributed by atoms with Gasteiger partial charge in [0.2, 0.25) is 0 Å². The van der Waals surface area contributed by atoms with Gasteiger partial charge in [-0.25, -0.2) is 4.68 Å². The van der Waals surface area contributed by atoms with Gasteiger partial charge in [0.1, 0.15) is 0 Å². The van der Waals surface area contributed by atoms with Crippen LogP contribution in [0.15, 0.2) is 42.7 Å². The molecule has 1 atom stereocenters. The van der Waals surface area contributed by atoms with Crippen molar-refractivity contribution in [3.63, 3.8) is 0 Å². The molecule has 1 unspecified atom stereocenters. The number of nitrogens with zero attached hydrogens (tertiary/aromatic N) is 3. The number of hydrogen-bond acceptors (Lipinski definition) is 4. The summed E-state index contributed by atoms with van der Waals surface area (Å²) in [5.41, 5.74) is 2.15. The Kier molecular flexibility index (Phi) is 5.11. The van der Waals surface area contributed by atoms with Crippen LogP contribution in [-0.4, -0.2) is 41.4 Å². The highest BCUT2D eigenvalue weighted by Crippen LogP contribution is 2.10. The van der Waals surface area contributed by atoms with Crippen LogP contribution in [0, 0.1) is 5.92 Å². The second kappa shape index (κ2) is 7.04. The van der Waals surface area contributed by atoms with Crippen molar-refractivity contribution in [3.05, 3.63) is 48.3 Å². The summed E-state index contributed by atoms with van der Waals surface area (Å²) in [6.07, 6.45) is 3.86. The van der Waals surface area contributed by atoms with Crippen molar-refractivity contribution in [3.8, 4) is 5.69 Å². The van der Waals surface area contributed by atoms with Crippen LogP contribution in [0.1, 0.15) is 12.5 Å². The zero-order valence-electron chi connectivity index (χ0n) is 12.7. The summed E-state index contributed by atoms with van der Waals surface area (Å²) in [7, 11) is 3.40. The average Bonchev–Trinajstić information content (AvgIpc) is 2.95. The van der Waals surface area contributed by atoms with Crippen LogP contribution in [0.4, 0.5) is 0 Å². The quantitative estimate of drug-likeness (QED) is 0.764. The SMILES string of the molecule is COC(=O)C(C)CN(C)Cc1cnn(-c2ccccc2)c1. The van der Waals surface area contributed by atoms with Gasteiger partial charge >= 0.3 is 5.97 Å². The van der Waals surface area contributed by atoms with E-state index in [0.29, 0.717) is 6.54 Å². The molecule has 1 aromatic carbocycles. The zero-order valence-corrected chi connectivity index (χ0v) is 12.7. The predicted molar refractivity (Wildman–Crippen MR) is 81.1 cm³/mol. The molecule has 112 valence electrons. The first-order valence-corrected chi connectivity index (χ1v) is 6.95. The van der Waals surface area contributed by atoms with Crippen LogP contribution >= 0.6 is 0 Å². The van der Waals surface area contributed by atoms with Gasteiger partial charge in [-0.1, -0.05) is 25.1 Å². The normalized spacial score (nSPS) is 12.4. The Balaban J connectivity index is 1.95. The second-order valence-electron chi connectivity index (χ2n) is 5.25. The highest BCUT2D eigenvalue weighted by Gasteiger charge is 2.15. The Morgan fingerprint density at radius 1 is 1.38 bits per heavy atom. The molecule has 2 rings (SSSR count). The minimum Gasteiger partial charge on any atom is -0.469 e. The van der Waals surface area contributed by atoms with Crippen molar-refractivity contribution in [1.82, 2.24) is 14.7 Å². The largest absolute Gasteiger partial charge is 0.469 e. The van der Waals surface area contributed by atoms with E-state index in [0.717, 1.165) is 17.8 Å². The van der Waals surface area contributed by atoms with E-state index < -0.39 is 0 Å². The van der Waals surface area contributed by atoms with E-state index in [4.69, 9.17) is 4.74 Å². The first-order chi connectivity index (χ1) is 10.1. The average molecular weight is 287 g/mol. The number of hydrogen-bond donors (Lipinski definition) is 0. The third-order valence-corrected chi connectivity index (χ3v) is 3.30. The summed E-state index contributed by atoms with van der Waals surface area (Å²) < 4.78 is 6.60. The maximum atomic E-state index is 11.4. The fraction of sp³-hybridized carbons (Fsp3) is 0.375. The lowest BCUT2D eigenvalue weighted by atomic mass is 10.1. The lowest BCUT2D eigenvalue weighted by molar-refractivity contribution is -0.145. The molecule has 0 fully saturated rings. The molecule has 0 N–H and O–H groups in total. The van der Waals surface area contributed by atoms with E-state index >= 15 is 0 Å². The smallest absolute Gasteiger partial charge is 0.309 e. The summed E-state index contributed by atoms with van der Waals surface area (Å²) in [6, 6.07) is 9.98. The molecule has 0 saturated heterocycles. The number of methoxy groups -OCH3 is 1. The Morgan fingerprint density at radius 2 is 2.10 bits per heavy atom. The zero-order chi connectivity index (χ0) is 15.2. The maximum absolute atomic E-state index is 11.4. The predicted octanol–water partition coefficient (Wildman–Crippen LogP) is 2.11. The molecule has 0 radical (unpaired) electrons. The molecular formula is C16H21N3O2. The van der Waals surface area contributed by atoms with Crippen molar-refractivity contribution >= 4 is 5.97 Å². The van der Waals surface area contributed by atoms with Gasteiger partial charge in [-0.3, -0.25) is 4.79 Å². The standard InChI is InChI=1S/C16H21N3O2/c1-13(16(20)21-3)10-18(2)11-14-9-17-19(12-14)15-7-5-4-6-8-15/h4-9,12-13H,10-11H2,1-3H3. The van der Waals surface area contributed by atoms with Gasteiger partial charge in [0, 0.05) is 24.8 Å². The molecule has 0 aliphatic rings. The van der Waals surface area contributed by atoms with Gasteiger partial charge in [0.25, 0.3) is 0 Å². The van der Waals surface area contributed by atoms with Crippen LogP contribution in [0.2, 0.25) is 0 Å². The van der Waals surface area contributed by atoms with Gasteiger partial charge in [-0.2, -0.15) is 5.10 Å². The number of benzene rings is 1. The third kappa shape index (κ3) is 4.16. The lowest BCUT2D eigenvalue weighted by Gasteiger charge is -2.19. The van der Waals surface area contributed by atoms with Crippen molar-refractivity contribution < 1.29 is 9.53 Å². The number of carbonyl (C=O) groups is 1. The minimum absolute atomic E-state index is 0.135. The Bertz CT molecular complexity index is 580. The summed E-state index contributed by atoms with van der Waals surface area (Å²) >= 11 is 0. The molecule has 0 bridgehead atoms. The fourth-order valence-electron chi connectivity index (χ4n) is 2.28. The summed E-state index contributed by atoms with van der Waals surface area (Å²) in [4.78, 5) is 13.5. The van der Waals surface area contributed by atoms with Gasteiger partial charge in [0.15, 0.2) is 0 Å². The second-order valence-corrected chi connectivity index (χ2v) is 5.25. The molecule has 1 heterocycles. The molecule has 0 amide bonds. The maximum Gasteiger partial charge on any atom is 0.309 e. The molecule has 5 nitrogen and oxygen atoms in total. The number of esters is 1. The number of rotatable bonds is 6. The van der Waals surface area contributed by atoms with Crippen molar-refractivity contribution in [2.75, 3.05) is 20.7 Å². The van der Waals surface area contributed by atoms with Crippen LogP contribution in [-0.2, 0) is 16.1 Å². The van der Waals surface area contributed by atoms with E-state index in [-0.39, 0.29) is 11.9 Å². The highest BCUT2D eigenvalue weighted by atomic mass is 16.5. The molecule has 21 heavy (non-hydrogen) atoms. The summed E-state index contributed by atoms with van der Waals surface area (Å²) in [5.74, 6) is -0.314. The van der Waals surface area contributed by atoms with Gasteiger partial charge < -0.3 is 9.64 Å². The molecule has 2 aromatic rings. The topological polar surface area (TPSA) is 47.4 Å². The molecular weight excluding hydrogens is 266 g/mol. The van der Waals surface area contributed by atoms with Crippen LogP contribution < -0.4 is 0 Å². The first-order valence-electron chi connectivity index (χ1n) is 6.95. The van der Waals surface area contributed by atoms with Gasteiger partial charge in [-0.05, 0) is 19.2 Å². The lowest BCUT2D eigenvalue weighted by Crippen LogP contribution is -2.28. The number of carbonyl (C=O) groups excluding carboxylic acids is 1. The van der Waals surface area contributed by atoms with Gasteiger partial charge in [-0.15, -0.1) is 0 Å². The van der Waals surface area contributed by atoms with Gasteiger partial charge in [0.05, 0.1) is 24.9 Å². The van der Waals surface area contributed by atoms with E-state index in [1.165, 1.54) is 7.11 Å². The molecule has 5 heteroatoms. The van der Waals surface area contributed by atoms with E-state index in [2.05, 4.69) is 10.00 Å². The van der Waals surface area contributed by atoms with Crippen LogP contribution in [0.5, 0.6) is 0 Å². The molecule has 1 aromatic heterocycles. The molecule has 0 aliphatic heterocycles. The summed E-state index contributed by atoms with van der Waals surface area (Å²) in [6.45, 7) is 3.27. The third-order valence-electron chi connectivity index (χ3n) is 3.30. The highest BCUT2D eigenvalue weighted by molar-refractivity contribution is 5.72. The van der Waals surface area contributed by atoms with E-state index in [9.17, 15) is 4.79 Å². The van der Waals surface area contributed by atoms with Crippen LogP contribution in [0.3, 0.4) is 0 Å². The monoisotopic (exact) mass is 287 g/mol. The van der Waals surface area contributed by atoms with Crippen molar-refractivity contribution in [1.29, 1.82) is 0 Å². The number of para-hydroxylation sites is 1. The number of aromatic nitrogens is 2. The van der Waals surface area contributed by atoms with Crippen LogP contribution in [0.25, 0.3) is 5.69 Å². The van der Waals surface area contributed by atoms with E-state index in [1.807, 2.05) is 61.4 Å². The molecule has 0 saturated carbocycles. The fourth-order valence-corrected chi connectivity index (χ4v) is 2.28. The Labute approximate surface area is 125 Å². The first kappa shape index (κ1) is 15.3. The Morgan fingerprint density at radius 3 is 2.76 bits per heavy atom.